The first-order valence-corrected chi connectivity index (χ1v) is 6.79. The number of hydrogen-bond donors (Lipinski definition) is 1. The van der Waals surface area contributed by atoms with Crippen LogP contribution in [0, 0.1) is 0 Å². The summed E-state index contributed by atoms with van der Waals surface area (Å²) in [7, 11) is 0. The lowest BCUT2D eigenvalue weighted by atomic mass is 10.1. The van der Waals surface area contributed by atoms with E-state index in [2.05, 4.69) is 4.98 Å². The number of esters is 2. The summed E-state index contributed by atoms with van der Waals surface area (Å²) in [4.78, 5) is 37.2. The summed E-state index contributed by atoms with van der Waals surface area (Å²) in [5, 5.41) is 10.7. The predicted molar refractivity (Wildman–Crippen MR) is 70.2 cm³/mol. The van der Waals surface area contributed by atoms with E-state index in [1.165, 1.54) is 20.0 Å². The second kappa shape index (κ2) is 5.32. The second-order valence-electron chi connectivity index (χ2n) is 5.15. The molecule has 1 fully saturated rings. The van der Waals surface area contributed by atoms with E-state index in [1.54, 1.807) is 0 Å². The van der Waals surface area contributed by atoms with Gasteiger partial charge in [0.25, 0.3) is 11.5 Å². The Morgan fingerprint density at radius 1 is 1.43 bits per heavy atom. The minimum absolute atomic E-state index is 0.159. The van der Waals surface area contributed by atoms with Crippen LogP contribution in [-0.4, -0.2) is 51.5 Å². The molecule has 1 saturated heterocycles. The minimum Gasteiger partial charge on any atom is -0.463 e. The van der Waals surface area contributed by atoms with Crippen LogP contribution in [0.2, 0.25) is 0 Å². The molecule has 4 atom stereocenters. The van der Waals surface area contributed by atoms with Crippen LogP contribution in [0.15, 0.2) is 17.1 Å². The molecule has 124 valence electrons. The fourth-order valence-electron chi connectivity index (χ4n) is 2.59. The molecule has 2 aliphatic heterocycles. The second-order valence-corrected chi connectivity index (χ2v) is 5.15. The number of fused-ring (bicyclic) bond motifs is 3. The maximum atomic E-state index is 11.3. The summed E-state index contributed by atoms with van der Waals surface area (Å²) in [6, 6.07) is 0.963. The molecular formula is C13H14N2O8. The zero-order valence-electron chi connectivity index (χ0n) is 12.3. The molecule has 0 radical (unpaired) electrons. The third kappa shape index (κ3) is 2.55. The third-order valence-corrected chi connectivity index (χ3v) is 3.47. The summed E-state index contributed by atoms with van der Waals surface area (Å²) in [6.45, 7) is 2.16. The first kappa shape index (κ1) is 15.4. The van der Waals surface area contributed by atoms with Crippen molar-refractivity contribution in [3.63, 3.8) is 0 Å². The lowest BCUT2D eigenvalue weighted by Gasteiger charge is -2.21. The maximum Gasteiger partial charge on any atom is 0.304 e. The quantitative estimate of drug-likeness (QED) is 0.660. The van der Waals surface area contributed by atoms with Crippen molar-refractivity contribution in [2.45, 2.75) is 38.1 Å². The Morgan fingerprint density at radius 3 is 2.83 bits per heavy atom. The molecule has 0 bridgehead atoms. The van der Waals surface area contributed by atoms with E-state index in [9.17, 15) is 19.5 Å². The van der Waals surface area contributed by atoms with Crippen LogP contribution in [0.4, 0.5) is 0 Å². The van der Waals surface area contributed by atoms with E-state index in [0.29, 0.717) is 0 Å². The lowest BCUT2D eigenvalue weighted by molar-refractivity contribution is -0.265. The molecule has 3 rings (SSSR count). The Bertz CT molecular complexity index is 716. The monoisotopic (exact) mass is 326 g/mol. The van der Waals surface area contributed by atoms with Gasteiger partial charge in [0.05, 0.1) is 0 Å². The van der Waals surface area contributed by atoms with E-state index >= 15 is 0 Å². The van der Waals surface area contributed by atoms with Gasteiger partial charge >= 0.3 is 17.9 Å². The van der Waals surface area contributed by atoms with Gasteiger partial charge in [-0.2, -0.15) is 4.98 Å². The van der Waals surface area contributed by atoms with Gasteiger partial charge < -0.3 is 24.1 Å². The zero-order chi connectivity index (χ0) is 16.8. The van der Waals surface area contributed by atoms with Crippen LogP contribution in [0.1, 0.15) is 13.8 Å². The molecule has 1 N–H and O–H groups in total. The fraction of sp³-hybridized carbons (Fsp3) is 0.538. The molecule has 0 amide bonds. The number of aliphatic hydroxyl groups is 1. The standard InChI is InChI=1S/C13H14N2O8/c1-6(16)20-5-8-10(21-7(2)17)11-13(19,23-8)15-4-3-9(18)14-12(15)22-11/h3-4,8,10-11,19H,5H2,1-2H3/t8-,10-,11+,13+/m1/s1. The van der Waals surface area contributed by atoms with Gasteiger partial charge in [-0.1, -0.05) is 0 Å². The van der Waals surface area contributed by atoms with E-state index in [1.807, 2.05) is 0 Å². The Hall–Kier alpha value is -2.46. The molecule has 0 spiro atoms. The zero-order valence-corrected chi connectivity index (χ0v) is 12.3. The summed E-state index contributed by atoms with van der Waals surface area (Å²) in [6.07, 6.45) is -1.88. The molecule has 3 heterocycles. The van der Waals surface area contributed by atoms with Crippen molar-refractivity contribution >= 4 is 11.9 Å². The van der Waals surface area contributed by atoms with E-state index in [0.717, 1.165) is 10.6 Å². The summed E-state index contributed by atoms with van der Waals surface area (Å²) in [5.41, 5.74) is -0.555. The molecule has 0 aliphatic carbocycles. The Kier molecular flexibility index (Phi) is 3.57. The van der Waals surface area contributed by atoms with Crippen molar-refractivity contribution in [1.82, 2.24) is 9.55 Å². The van der Waals surface area contributed by atoms with E-state index < -0.39 is 41.7 Å². The van der Waals surface area contributed by atoms with Crippen molar-refractivity contribution in [3.8, 4) is 6.01 Å². The van der Waals surface area contributed by atoms with Crippen molar-refractivity contribution < 1.29 is 33.6 Å². The fourth-order valence-corrected chi connectivity index (χ4v) is 2.59. The Balaban J connectivity index is 1.93. The van der Waals surface area contributed by atoms with Crippen LogP contribution in [0.5, 0.6) is 6.01 Å². The molecule has 0 aromatic carbocycles. The van der Waals surface area contributed by atoms with Crippen molar-refractivity contribution in [1.29, 1.82) is 0 Å². The summed E-state index contributed by atoms with van der Waals surface area (Å²) < 4.78 is 22.0. The van der Waals surface area contributed by atoms with Crippen LogP contribution in [0.3, 0.4) is 0 Å². The predicted octanol–water partition coefficient (Wildman–Crippen LogP) is -1.50. The topological polar surface area (TPSA) is 126 Å². The highest BCUT2D eigenvalue weighted by atomic mass is 16.7. The molecule has 0 unspecified atom stereocenters. The van der Waals surface area contributed by atoms with Crippen LogP contribution >= 0.6 is 0 Å². The maximum absolute atomic E-state index is 11.3. The number of aromatic nitrogens is 2. The van der Waals surface area contributed by atoms with Gasteiger partial charge in [-0.25, -0.2) is 4.57 Å². The minimum atomic E-state index is -2.03. The van der Waals surface area contributed by atoms with Crippen LogP contribution < -0.4 is 10.3 Å². The molecule has 10 heteroatoms. The Labute approximate surface area is 129 Å². The van der Waals surface area contributed by atoms with Gasteiger partial charge in [0.15, 0.2) is 6.10 Å². The number of hydrogen-bond acceptors (Lipinski definition) is 9. The van der Waals surface area contributed by atoms with Gasteiger partial charge in [-0.3, -0.25) is 14.4 Å². The highest BCUT2D eigenvalue weighted by Crippen LogP contribution is 2.43. The first-order chi connectivity index (χ1) is 10.8. The van der Waals surface area contributed by atoms with Gasteiger partial charge in [-0.05, 0) is 0 Å². The average molecular weight is 326 g/mol. The molecule has 23 heavy (non-hydrogen) atoms. The first-order valence-electron chi connectivity index (χ1n) is 6.79. The van der Waals surface area contributed by atoms with Crippen LogP contribution in [0.25, 0.3) is 0 Å². The highest BCUT2D eigenvalue weighted by Gasteiger charge is 2.64. The van der Waals surface area contributed by atoms with Gasteiger partial charge in [0.1, 0.15) is 12.7 Å². The highest BCUT2D eigenvalue weighted by molar-refractivity contribution is 5.66. The van der Waals surface area contributed by atoms with Crippen molar-refractivity contribution in [3.05, 3.63) is 22.6 Å². The van der Waals surface area contributed by atoms with E-state index in [-0.39, 0.29) is 12.6 Å². The lowest BCUT2D eigenvalue weighted by Crippen LogP contribution is -2.44. The number of carbonyl (C=O) groups excluding carboxylic acids is 2. The van der Waals surface area contributed by atoms with Gasteiger partial charge in [0, 0.05) is 26.1 Å². The smallest absolute Gasteiger partial charge is 0.304 e. The Morgan fingerprint density at radius 2 is 2.17 bits per heavy atom. The molecule has 2 aliphatic rings. The number of ether oxygens (including phenoxy) is 4. The van der Waals surface area contributed by atoms with Crippen molar-refractivity contribution in [2.24, 2.45) is 0 Å². The van der Waals surface area contributed by atoms with Crippen molar-refractivity contribution in [2.75, 3.05) is 6.61 Å². The van der Waals surface area contributed by atoms with Gasteiger partial charge in [0.2, 0.25) is 6.10 Å². The molecular weight excluding hydrogens is 312 g/mol. The van der Waals surface area contributed by atoms with Gasteiger partial charge in [-0.15, -0.1) is 0 Å². The van der Waals surface area contributed by atoms with Crippen LogP contribution in [-0.2, 0) is 29.7 Å². The average Bonchev–Trinajstić information content (AvgIpc) is 2.86. The number of nitrogens with zero attached hydrogens (tertiary/aromatic N) is 2. The van der Waals surface area contributed by atoms with E-state index in [4.69, 9.17) is 18.9 Å². The summed E-state index contributed by atoms with van der Waals surface area (Å²) in [5.74, 6) is -3.20. The normalized spacial score (nSPS) is 31.0. The number of carbonyl (C=O) groups is 2. The number of rotatable bonds is 3. The summed E-state index contributed by atoms with van der Waals surface area (Å²) >= 11 is 0. The molecule has 0 saturated carbocycles. The third-order valence-electron chi connectivity index (χ3n) is 3.47. The molecule has 10 nitrogen and oxygen atoms in total. The largest absolute Gasteiger partial charge is 0.463 e. The molecule has 1 aromatic heterocycles. The SMILES string of the molecule is CC(=O)OC[C@H]1O[C@@]2(O)[C@@H](Oc3nc(=O)ccn32)[C@@H]1OC(C)=O. The molecule has 1 aromatic rings.